The third kappa shape index (κ3) is 4.78. The Morgan fingerprint density at radius 1 is 1.43 bits per heavy atom. The monoisotopic (exact) mass is 315 g/mol. The molecule has 1 fully saturated rings. The number of nitrogens with two attached hydrogens (primary N) is 1. The summed E-state index contributed by atoms with van der Waals surface area (Å²) in [7, 11) is -3.02. The molecule has 2 N–H and O–H groups in total. The van der Waals surface area contributed by atoms with Gasteiger partial charge >= 0.3 is 0 Å². The molecule has 1 heterocycles. The lowest BCUT2D eigenvalue weighted by Crippen LogP contribution is -2.17. The highest BCUT2D eigenvalue weighted by Crippen LogP contribution is 2.36. The molecule has 120 valence electrons. The average molecular weight is 315 g/mol. The highest BCUT2D eigenvalue weighted by atomic mass is 32.2. The Kier molecular flexibility index (Phi) is 5.37. The molecular formula is C14H25N3O3S. The summed E-state index contributed by atoms with van der Waals surface area (Å²) < 4.78 is 27.6. The second kappa shape index (κ2) is 6.87. The van der Waals surface area contributed by atoms with Gasteiger partial charge in [-0.2, -0.15) is 4.98 Å². The van der Waals surface area contributed by atoms with Crippen molar-refractivity contribution >= 4 is 9.84 Å². The highest BCUT2D eigenvalue weighted by Gasteiger charge is 2.27. The van der Waals surface area contributed by atoms with Gasteiger partial charge in [0.15, 0.2) is 5.82 Å². The summed E-state index contributed by atoms with van der Waals surface area (Å²) in [6.45, 7) is 2.22. The largest absolute Gasteiger partial charge is 0.338 e. The van der Waals surface area contributed by atoms with Crippen LogP contribution in [0.1, 0.15) is 69.1 Å². The quantitative estimate of drug-likeness (QED) is 0.864. The summed E-state index contributed by atoms with van der Waals surface area (Å²) >= 11 is 0. The van der Waals surface area contributed by atoms with E-state index in [0.717, 1.165) is 24.6 Å². The van der Waals surface area contributed by atoms with Crippen LogP contribution in [0, 0.1) is 5.92 Å². The van der Waals surface area contributed by atoms with Crippen molar-refractivity contribution in [3.05, 3.63) is 11.7 Å². The SMILES string of the molecule is CCC1CCCC(c2noc(C(N)CCS(C)(=O)=O)n2)C1. The molecule has 0 spiro atoms. The van der Waals surface area contributed by atoms with Gasteiger partial charge in [-0.15, -0.1) is 0 Å². The number of hydrogen-bond acceptors (Lipinski definition) is 6. The van der Waals surface area contributed by atoms with E-state index >= 15 is 0 Å². The lowest BCUT2D eigenvalue weighted by molar-refractivity contribution is 0.296. The summed E-state index contributed by atoms with van der Waals surface area (Å²) in [5, 5.41) is 4.06. The molecular weight excluding hydrogens is 290 g/mol. The van der Waals surface area contributed by atoms with Gasteiger partial charge < -0.3 is 10.3 Å². The molecule has 0 aliphatic heterocycles. The molecule has 1 aliphatic carbocycles. The van der Waals surface area contributed by atoms with Gasteiger partial charge in [-0.05, 0) is 25.2 Å². The first kappa shape index (κ1) is 16.4. The predicted octanol–water partition coefficient (Wildman–Crippen LogP) is 2.19. The molecule has 1 aromatic rings. The van der Waals surface area contributed by atoms with Crippen LogP contribution in [-0.2, 0) is 9.84 Å². The van der Waals surface area contributed by atoms with Crippen molar-refractivity contribution < 1.29 is 12.9 Å². The lowest BCUT2D eigenvalue weighted by atomic mass is 9.80. The van der Waals surface area contributed by atoms with Gasteiger partial charge in [0.05, 0.1) is 11.8 Å². The Hall–Kier alpha value is -0.950. The molecule has 3 unspecified atom stereocenters. The van der Waals surface area contributed by atoms with Crippen molar-refractivity contribution in [2.24, 2.45) is 11.7 Å². The zero-order chi connectivity index (χ0) is 15.5. The van der Waals surface area contributed by atoms with Gasteiger partial charge in [-0.3, -0.25) is 0 Å². The molecule has 6 nitrogen and oxygen atoms in total. The van der Waals surface area contributed by atoms with Gasteiger partial charge in [0.25, 0.3) is 0 Å². The predicted molar refractivity (Wildman–Crippen MR) is 80.5 cm³/mol. The van der Waals surface area contributed by atoms with Crippen LogP contribution in [-0.4, -0.2) is 30.6 Å². The molecule has 0 bridgehead atoms. The molecule has 21 heavy (non-hydrogen) atoms. The van der Waals surface area contributed by atoms with E-state index < -0.39 is 15.9 Å². The first-order chi connectivity index (χ1) is 9.89. The number of sulfone groups is 1. The topological polar surface area (TPSA) is 99.1 Å². The maximum Gasteiger partial charge on any atom is 0.243 e. The van der Waals surface area contributed by atoms with E-state index in [2.05, 4.69) is 17.1 Å². The number of aromatic nitrogens is 2. The molecule has 1 aliphatic rings. The van der Waals surface area contributed by atoms with Crippen LogP contribution in [0.5, 0.6) is 0 Å². The number of rotatable bonds is 6. The van der Waals surface area contributed by atoms with Gasteiger partial charge in [0.2, 0.25) is 5.89 Å². The van der Waals surface area contributed by atoms with Crippen LogP contribution in [0.4, 0.5) is 0 Å². The standard InChI is InChI=1S/C14H25N3O3S/c1-3-10-5-4-6-11(9-10)13-16-14(20-17-13)12(15)7-8-21(2,18)19/h10-12H,3-9,15H2,1-2H3. The van der Waals surface area contributed by atoms with Crippen molar-refractivity contribution in [1.29, 1.82) is 0 Å². The molecule has 2 rings (SSSR count). The minimum atomic E-state index is -3.02. The summed E-state index contributed by atoms with van der Waals surface area (Å²) in [6, 6.07) is -0.508. The van der Waals surface area contributed by atoms with Crippen molar-refractivity contribution in [2.75, 3.05) is 12.0 Å². The van der Waals surface area contributed by atoms with Crippen LogP contribution in [0.3, 0.4) is 0 Å². The Bertz CT molecular complexity index is 556. The van der Waals surface area contributed by atoms with Gasteiger partial charge in [0, 0.05) is 12.2 Å². The minimum absolute atomic E-state index is 0.0349. The van der Waals surface area contributed by atoms with Crippen LogP contribution >= 0.6 is 0 Å². The summed E-state index contributed by atoms with van der Waals surface area (Å²) in [6.07, 6.45) is 7.38. The average Bonchev–Trinajstić information content (AvgIpc) is 2.94. The number of nitrogens with zero attached hydrogens (tertiary/aromatic N) is 2. The van der Waals surface area contributed by atoms with Gasteiger partial charge in [-0.25, -0.2) is 8.42 Å². The molecule has 0 saturated heterocycles. The summed E-state index contributed by atoms with van der Waals surface area (Å²) in [5.41, 5.74) is 5.94. The van der Waals surface area contributed by atoms with Crippen LogP contribution in [0.2, 0.25) is 0 Å². The van der Waals surface area contributed by atoms with Gasteiger partial charge in [0.1, 0.15) is 9.84 Å². The van der Waals surface area contributed by atoms with E-state index in [1.165, 1.54) is 25.5 Å². The normalized spacial score (nSPS) is 24.9. The Balaban J connectivity index is 1.97. The zero-order valence-corrected chi connectivity index (χ0v) is 13.6. The van der Waals surface area contributed by atoms with Crippen molar-refractivity contribution in [3.63, 3.8) is 0 Å². The second-order valence-corrected chi connectivity index (χ2v) is 8.41. The third-order valence-electron chi connectivity index (χ3n) is 4.30. The molecule has 0 amide bonds. The summed E-state index contributed by atoms with van der Waals surface area (Å²) in [4.78, 5) is 4.41. The fourth-order valence-electron chi connectivity index (χ4n) is 2.92. The fourth-order valence-corrected chi connectivity index (χ4v) is 3.61. The zero-order valence-electron chi connectivity index (χ0n) is 12.8. The van der Waals surface area contributed by atoms with Crippen LogP contribution in [0.15, 0.2) is 4.52 Å². The number of hydrogen-bond donors (Lipinski definition) is 1. The van der Waals surface area contributed by atoms with E-state index in [1.54, 1.807) is 0 Å². The van der Waals surface area contributed by atoms with E-state index in [4.69, 9.17) is 10.3 Å². The van der Waals surface area contributed by atoms with Crippen molar-refractivity contribution in [1.82, 2.24) is 10.1 Å². The Morgan fingerprint density at radius 2 is 2.19 bits per heavy atom. The lowest BCUT2D eigenvalue weighted by Gasteiger charge is -2.26. The maximum absolute atomic E-state index is 11.2. The molecule has 1 aromatic heterocycles. The second-order valence-electron chi connectivity index (χ2n) is 6.15. The van der Waals surface area contributed by atoms with Crippen molar-refractivity contribution in [3.8, 4) is 0 Å². The molecule has 1 saturated carbocycles. The Morgan fingerprint density at radius 3 is 2.86 bits per heavy atom. The van der Waals surface area contributed by atoms with Gasteiger partial charge in [-0.1, -0.05) is 31.3 Å². The summed E-state index contributed by atoms with van der Waals surface area (Å²) in [5.74, 6) is 2.21. The first-order valence-corrected chi connectivity index (χ1v) is 9.72. The molecule has 0 radical (unpaired) electrons. The fraction of sp³-hybridized carbons (Fsp3) is 0.857. The minimum Gasteiger partial charge on any atom is -0.338 e. The van der Waals surface area contributed by atoms with E-state index in [1.807, 2.05) is 0 Å². The maximum atomic E-state index is 11.2. The smallest absolute Gasteiger partial charge is 0.243 e. The molecule has 0 aromatic carbocycles. The molecule has 3 atom stereocenters. The van der Waals surface area contributed by atoms with E-state index in [-0.39, 0.29) is 5.75 Å². The molecule has 7 heteroatoms. The van der Waals surface area contributed by atoms with E-state index in [0.29, 0.717) is 18.2 Å². The van der Waals surface area contributed by atoms with Crippen LogP contribution in [0.25, 0.3) is 0 Å². The van der Waals surface area contributed by atoms with Crippen LogP contribution < -0.4 is 5.73 Å². The highest BCUT2D eigenvalue weighted by molar-refractivity contribution is 7.90. The van der Waals surface area contributed by atoms with Crippen molar-refractivity contribution in [2.45, 2.75) is 57.4 Å². The third-order valence-corrected chi connectivity index (χ3v) is 5.28. The Labute approximate surface area is 126 Å². The first-order valence-electron chi connectivity index (χ1n) is 7.66. The van der Waals surface area contributed by atoms with E-state index in [9.17, 15) is 8.42 Å².